The van der Waals surface area contributed by atoms with Gasteiger partial charge in [-0.05, 0) is 43.5 Å². The number of hydrogen-bond donors (Lipinski definition) is 0. The Morgan fingerprint density at radius 1 is 0.870 bits per heavy atom. The van der Waals surface area contributed by atoms with E-state index in [0.29, 0.717) is 30.7 Å². The first-order valence-electron chi connectivity index (χ1n) is 7.74. The van der Waals surface area contributed by atoms with Crippen LogP contribution in [0.25, 0.3) is 0 Å². The smallest absolute Gasteiger partial charge is 0.261 e. The van der Waals surface area contributed by atoms with Gasteiger partial charge in [0.15, 0.2) is 0 Å². The normalized spacial score (nSPS) is 13.4. The Kier molecular flexibility index (Phi) is 4.15. The highest BCUT2D eigenvalue weighted by Gasteiger charge is 2.34. The van der Waals surface area contributed by atoms with E-state index in [1.54, 1.807) is 24.3 Å². The van der Waals surface area contributed by atoms with Crippen molar-refractivity contribution in [2.45, 2.75) is 20.3 Å². The lowest BCUT2D eigenvalue weighted by molar-refractivity contribution is 0.0646. The molecule has 0 spiro atoms. The highest BCUT2D eigenvalue weighted by molar-refractivity contribution is 6.21. The molecule has 23 heavy (non-hydrogen) atoms. The van der Waals surface area contributed by atoms with Gasteiger partial charge in [-0.3, -0.25) is 14.5 Å². The van der Waals surface area contributed by atoms with Crippen LogP contribution in [0.4, 0.5) is 0 Å². The van der Waals surface area contributed by atoms with Crippen LogP contribution in [-0.2, 0) is 0 Å². The van der Waals surface area contributed by atoms with Gasteiger partial charge >= 0.3 is 0 Å². The third-order valence-electron chi connectivity index (χ3n) is 4.06. The maximum atomic E-state index is 12.2. The number of carbonyl (C=O) groups excluding carboxylic acids is 2. The van der Waals surface area contributed by atoms with Crippen molar-refractivity contribution in [1.82, 2.24) is 4.90 Å². The lowest BCUT2D eigenvalue weighted by atomic mass is 10.1. The van der Waals surface area contributed by atoms with Gasteiger partial charge < -0.3 is 4.74 Å². The molecule has 0 radical (unpaired) electrons. The molecule has 4 nitrogen and oxygen atoms in total. The fourth-order valence-corrected chi connectivity index (χ4v) is 2.87. The van der Waals surface area contributed by atoms with Gasteiger partial charge in [-0.1, -0.05) is 30.3 Å². The van der Waals surface area contributed by atoms with E-state index in [9.17, 15) is 9.59 Å². The van der Waals surface area contributed by atoms with Crippen LogP contribution in [0.15, 0.2) is 42.5 Å². The Balaban J connectivity index is 1.58. The molecule has 0 saturated carbocycles. The van der Waals surface area contributed by atoms with Crippen LogP contribution in [0.3, 0.4) is 0 Å². The Bertz CT molecular complexity index is 712. The molecule has 2 aromatic rings. The van der Waals surface area contributed by atoms with Crippen molar-refractivity contribution in [3.05, 3.63) is 64.7 Å². The van der Waals surface area contributed by atoms with Crippen LogP contribution in [0.5, 0.6) is 5.75 Å². The number of rotatable bonds is 5. The highest BCUT2D eigenvalue weighted by Crippen LogP contribution is 2.24. The number of imide groups is 1. The fraction of sp³-hybridized carbons (Fsp3) is 0.263. The van der Waals surface area contributed by atoms with Crippen LogP contribution in [0, 0.1) is 13.8 Å². The molecular formula is C19H19NO3. The van der Waals surface area contributed by atoms with Crippen LogP contribution in [0.2, 0.25) is 0 Å². The zero-order chi connectivity index (χ0) is 16.4. The van der Waals surface area contributed by atoms with E-state index < -0.39 is 0 Å². The van der Waals surface area contributed by atoms with Crippen LogP contribution in [-0.4, -0.2) is 29.9 Å². The summed E-state index contributed by atoms with van der Waals surface area (Å²) in [6.45, 7) is 4.86. The minimum atomic E-state index is -0.210. The summed E-state index contributed by atoms with van der Waals surface area (Å²) in [5.41, 5.74) is 3.16. The van der Waals surface area contributed by atoms with Gasteiger partial charge in [0.05, 0.1) is 17.7 Å². The van der Waals surface area contributed by atoms with Crippen LogP contribution < -0.4 is 4.74 Å². The summed E-state index contributed by atoms with van der Waals surface area (Å²) in [6, 6.07) is 13.0. The zero-order valence-corrected chi connectivity index (χ0v) is 13.3. The molecule has 3 rings (SSSR count). The van der Waals surface area contributed by atoms with Gasteiger partial charge in [0, 0.05) is 6.54 Å². The summed E-state index contributed by atoms with van der Waals surface area (Å²) in [4.78, 5) is 25.8. The molecule has 2 aromatic carbocycles. The molecular weight excluding hydrogens is 290 g/mol. The summed E-state index contributed by atoms with van der Waals surface area (Å²) < 4.78 is 5.83. The van der Waals surface area contributed by atoms with Gasteiger partial charge in [-0.15, -0.1) is 0 Å². The van der Waals surface area contributed by atoms with Gasteiger partial charge in [-0.25, -0.2) is 0 Å². The van der Waals surface area contributed by atoms with Crippen molar-refractivity contribution in [1.29, 1.82) is 0 Å². The average Bonchev–Trinajstić information content (AvgIpc) is 2.79. The second-order valence-corrected chi connectivity index (χ2v) is 5.73. The van der Waals surface area contributed by atoms with Crippen molar-refractivity contribution in [2.75, 3.05) is 13.2 Å². The summed E-state index contributed by atoms with van der Waals surface area (Å²) in [7, 11) is 0. The first-order chi connectivity index (χ1) is 11.1. The van der Waals surface area contributed by atoms with E-state index in [4.69, 9.17) is 4.74 Å². The topological polar surface area (TPSA) is 46.6 Å². The molecule has 0 atom stereocenters. The molecule has 0 aromatic heterocycles. The lowest BCUT2D eigenvalue weighted by Crippen LogP contribution is -2.31. The van der Waals surface area contributed by atoms with Crippen molar-refractivity contribution in [3.63, 3.8) is 0 Å². The van der Waals surface area contributed by atoms with Gasteiger partial charge in [0.1, 0.15) is 5.75 Å². The molecule has 0 fully saturated rings. The van der Waals surface area contributed by atoms with E-state index in [1.165, 1.54) is 4.90 Å². The van der Waals surface area contributed by atoms with Crippen molar-refractivity contribution < 1.29 is 14.3 Å². The van der Waals surface area contributed by atoms with E-state index >= 15 is 0 Å². The molecule has 0 unspecified atom stereocenters. The van der Waals surface area contributed by atoms with Gasteiger partial charge in [-0.2, -0.15) is 0 Å². The monoisotopic (exact) mass is 309 g/mol. The Morgan fingerprint density at radius 2 is 1.43 bits per heavy atom. The summed E-state index contributed by atoms with van der Waals surface area (Å²) in [5, 5.41) is 0. The average molecular weight is 309 g/mol. The number of fused-ring (bicyclic) bond motifs is 1. The molecule has 2 amide bonds. The van der Waals surface area contributed by atoms with Crippen molar-refractivity contribution in [3.8, 4) is 5.75 Å². The fourth-order valence-electron chi connectivity index (χ4n) is 2.87. The first-order valence-corrected chi connectivity index (χ1v) is 7.74. The maximum Gasteiger partial charge on any atom is 0.261 e. The quantitative estimate of drug-likeness (QED) is 0.628. The number of nitrogens with zero attached hydrogens (tertiary/aromatic N) is 1. The van der Waals surface area contributed by atoms with Crippen LogP contribution in [0.1, 0.15) is 38.3 Å². The van der Waals surface area contributed by atoms with Gasteiger partial charge in [0.25, 0.3) is 11.8 Å². The first kappa shape index (κ1) is 15.3. The Labute approximate surface area is 135 Å². The molecule has 1 aliphatic heterocycles. The largest absolute Gasteiger partial charge is 0.493 e. The number of amides is 2. The molecule has 0 N–H and O–H groups in total. The predicted octanol–water partition coefficient (Wildman–Crippen LogP) is 3.37. The maximum absolute atomic E-state index is 12.2. The van der Waals surface area contributed by atoms with Crippen molar-refractivity contribution in [2.24, 2.45) is 0 Å². The van der Waals surface area contributed by atoms with E-state index in [2.05, 4.69) is 0 Å². The molecule has 4 heteroatoms. The number of hydrogen-bond acceptors (Lipinski definition) is 3. The minimum absolute atomic E-state index is 0.210. The summed E-state index contributed by atoms with van der Waals surface area (Å²) >= 11 is 0. The molecule has 0 aliphatic carbocycles. The standard InChI is InChI=1S/C19H19NO3/c1-13-7-5-8-14(2)17(13)23-12-6-11-20-18(21)15-9-3-4-10-16(15)19(20)22/h3-5,7-10H,6,11-12H2,1-2H3. The van der Waals surface area contributed by atoms with E-state index in [-0.39, 0.29) is 11.8 Å². The van der Waals surface area contributed by atoms with Crippen LogP contribution >= 0.6 is 0 Å². The van der Waals surface area contributed by atoms with E-state index in [0.717, 1.165) is 16.9 Å². The Hall–Kier alpha value is -2.62. The number of carbonyl (C=O) groups is 2. The minimum Gasteiger partial charge on any atom is -0.493 e. The predicted molar refractivity (Wildman–Crippen MR) is 87.8 cm³/mol. The summed E-state index contributed by atoms with van der Waals surface area (Å²) in [5.74, 6) is 0.463. The third-order valence-corrected chi connectivity index (χ3v) is 4.06. The second-order valence-electron chi connectivity index (χ2n) is 5.73. The number of benzene rings is 2. The zero-order valence-electron chi connectivity index (χ0n) is 13.3. The molecule has 1 heterocycles. The van der Waals surface area contributed by atoms with Gasteiger partial charge in [0.2, 0.25) is 0 Å². The SMILES string of the molecule is Cc1cccc(C)c1OCCCN1C(=O)c2ccccc2C1=O. The number of ether oxygens (including phenoxy) is 1. The highest BCUT2D eigenvalue weighted by atomic mass is 16.5. The molecule has 0 saturated heterocycles. The third kappa shape index (κ3) is 2.84. The number of aryl methyl sites for hydroxylation is 2. The second kappa shape index (κ2) is 6.24. The van der Waals surface area contributed by atoms with Crippen molar-refractivity contribution >= 4 is 11.8 Å². The molecule has 118 valence electrons. The number of para-hydroxylation sites is 1. The Morgan fingerprint density at radius 3 is 2.00 bits per heavy atom. The molecule has 1 aliphatic rings. The lowest BCUT2D eigenvalue weighted by Gasteiger charge is -2.15. The molecule has 0 bridgehead atoms. The van der Waals surface area contributed by atoms with E-state index in [1.807, 2.05) is 32.0 Å². The summed E-state index contributed by atoms with van der Waals surface area (Å²) in [6.07, 6.45) is 0.610.